The van der Waals surface area contributed by atoms with Crippen molar-refractivity contribution >= 4 is 18.6 Å². The number of amides is 1. The van der Waals surface area contributed by atoms with Crippen molar-refractivity contribution in [1.82, 2.24) is 4.90 Å². The van der Waals surface area contributed by atoms with Gasteiger partial charge in [-0.05, 0) is 18.1 Å². The molecular weight excluding hydrogens is 361 g/mol. The van der Waals surface area contributed by atoms with Crippen molar-refractivity contribution in [1.29, 1.82) is 0 Å². The number of aryl methyl sites for hydroxylation is 1. The van der Waals surface area contributed by atoms with Crippen LogP contribution in [0.1, 0.15) is 15.9 Å². The van der Waals surface area contributed by atoms with Crippen molar-refractivity contribution in [3.05, 3.63) is 23.3 Å². The minimum absolute atomic E-state index is 0.00462. The minimum Gasteiger partial charge on any atom is -0.669 e. The summed E-state index contributed by atoms with van der Waals surface area (Å²) in [6.07, 6.45) is -1.74. The molecule has 0 aliphatic carbocycles. The van der Waals surface area contributed by atoms with E-state index in [1.54, 1.807) is 6.07 Å². The average molecular weight is 382 g/mol. The number of likely N-dealkylation sites (tertiary alicyclic amines) is 1. The van der Waals surface area contributed by atoms with Crippen LogP contribution in [0.3, 0.4) is 0 Å². The van der Waals surface area contributed by atoms with Gasteiger partial charge < -0.3 is 46.0 Å². The van der Waals surface area contributed by atoms with Crippen LogP contribution in [0.15, 0.2) is 12.1 Å². The number of aliphatic hydroxyl groups is 1. The first-order valence-corrected chi connectivity index (χ1v) is 8.42. The Hall–Kier alpha value is -2.38. The van der Waals surface area contributed by atoms with Gasteiger partial charge in [0.05, 0.1) is 18.8 Å². The van der Waals surface area contributed by atoms with Crippen LogP contribution < -0.4 is 20.9 Å². The van der Waals surface area contributed by atoms with E-state index in [0.717, 1.165) is 0 Å². The zero-order chi connectivity index (χ0) is 19.9. The number of aliphatic hydroxyl groups excluding tert-OH is 1. The summed E-state index contributed by atoms with van der Waals surface area (Å²) in [6.45, 7) is -2.84. The third-order valence-corrected chi connectivity index (χ3v) is 4.62. The Morgan fingerprint density at radius 2 is 1.96 bits per heavy atom. The fourth-order valence-electron chi connectivity index (χ4n) is 3.06. The number of carboxylic acids is 1. The summed E-state index contributed by atoms with van der Waals surface area (Å²) < 4.78 is 10.7. The summed E-state index contributed by atoms with van der Waals surface area (Å²) in [5.74, 6) is -2.01. The number of nitrogens with zero attached hydrogens (tertiary/aromatic N) is 1. The van der Waals surface area contributed by atoms with Crippen molar-refractivity contribution in [3.8, 4) is 11.5 Å². The zero-order valence-corrected chi connectivity index (χ0v) is 14.3. The molecule has 0 bridgehead atoms. The number of carboxylic acid groups (broad SMARTS) is 1. The highest BCUT2D eigenvalue weighted by Crippen LogP contribution is 2.38. The Labute approximate surface area is 154 Å². The van der Waals surface area contributed by atoms with Gasteiger partial charge in [-0.25, -0.2) is 4.79 Å². The number of rotatable bonds is 5. The van der Waals surface area contributed by atoms with Crippen molar-refractivity contribution < 1.29 is 39.2 Å². The number of carbonyl (C=O) groups excluding carboxylic acids is 1. The summed E-state index contributed by atoms with van der Waals surface area (Å²) in [6, 6.07) is 1.83. The molecule has 0 unspecified atom stereocenters. The van der Waals surface area contributed by atoms with Gasteiger partial charge in [-0.1, -0.05) is 12.4 Å². The van der Waals surface area contributed by atoms with Gasteiger partial charge in [0.1, 0.15) is 29.7 Å². The molecule has 1 fully saturated rings. The van der Waals surface area contributed by atoms with Crippen molar-refractivity contribution in [2.45, 2.75) is 31.1 Å². The van der Waals surface area contributed by atoms with E-state index in [9.17, 15) is 24.7 Å². The Kier molecular flexibility index (Phi) is 5.01. The van der Waals surface area contributed by atoms with E-state index in [1.807, 2.05) is 0 Å². The smallest absolute Gasteiger partial charge is 0.430 e. The second kappa shape index (κ2) is 6.98. The molecule has 148 valence electrons. The van der Waals surface area contributed by atoms with Crippen LogP contribution in [0, 0.1) is 0 Å². The zero-order valence-electron chi connectivity index (χ0n) is 14.3. The monoisotopic (exact) mass is 382 g/mol. The summed E-state index contributed by atoms with van der Waals surface area (Å²) >= 11 is 0. The molecule has 1 aromatic rings. The standard InChI is InChI=1S/C15H21BN3O8/c17-11(13(18)20)14(21)19-5-8(6-19)26-9-2-1-7-3-4-16(24,25)27-12(7)10(9)15(22)23/h1-2,8,11,13,20,24-25H,3-6,17-18H2,(H,22,23)/q-1/t11-,13-/m1/s1. The number of fused-ring (bicyclic) bond motifs is 1. The predicted molar refractivity (Wildman–Crippen MR) is 91.9 cm³/mol. The first kappa shape index (κ1) is 19.4. The lowest BCUT2D eigenvalue weighted by atomic mass is 9.70. The number of aromatic carboxylic acids is 1. The summed E-state index contributed by atoms with van der Waals surface area (Å²) in [7, 11) is 0. The quantitative estimate of drug-likeness (QED) is 0.233. The highest BCUT2D eigenvalue weighted by atomic mass is 16.6. The fourth-order valence-corrected chi connectivity index (χ4v) is 3.06. The maximum absolute atomic E-state index is 11.9. The highest BCUT2D eigenvalue weighted by Gasteiger charge is 2.38. The molecule has 0 radical (unpaired) electrons. The lowest BCUT2D eigenvalue weighted by Crippen LogP contribution is -2.62. The normalized spacial score (nSPS) is 20.7. The van der Waals surface area contributed by atoms with Crippen LogP contribution >= 0.6 is 0 Å². The predicted octanol–water partition coefficient (Wildman–Crippen LogP) is -2.56. The molecule has 1 aromatic carbocycles. The van der Waals surface area contributed by atoms with Crippen LogP contribution in [-0.2, 0) is 11.2 Å². The molecule has 1 amide bonds. The lowest BCUT2D eigenvalue weighted by molar-refractivity contribution is -0.143. The van der Waals surface area contributed by atoms with Crippen LogP contribution in [0.25, 0.3) is 0 Å². The van der Waals surface area contributed by atoms with E-state index in [4.69, 9.17) is 26.0 Å². The number of hydrogen-bond donors (Lipinski definition) is 6. The number of carbonyl (C=O) groups is 2. The maximum atomic E-state index is 11.9. The van der Waals surface area contributed by atoms with Crippen molar-refractivity contribution in [2.24, 2.45) is 11.5 Å². The minimum atomic E-state index is -3.12. The summed E-state index contributed by atoms with van der Waals surface area (Å²) in [5, 5.41) is 38.2. The molecule has 0 aromatic heterocycles. The third-order valence-electron chi connectivity index (χ3n) is 4.62. The number of nitrogens with two attached hydrogens (primary N) is 2. The molecule has 2 aliphatic rings. The topological polar surface area (TPSA) is 189 Å². The van der Waals surface area contributed by atoms with Gasteiger partial charge in [-0.2, -0.15) is 0 Å². The molecule has 0 saturated carbocycles. The Morgan fingerprint density at radius 1 is 1.30 bits per heavy atom. The number of hydrogen-bond acceptors (Lipinski definition) is 9. The Bertz CT molecular complexity index is 766. The molecule has 11 nitrogen and oxygen atoms in total. The van der Waals surface area contributed by atoms with Crippen molar-refractivity contribution in [3.63, 3.8) is 0 Å². The van der Waals surface area contributed by atoms with Crippen LogP contribution in [-0.4, -0.2) is 75.3 Å². The van der Waals surface area contributed by atoms with Crippen LogP contribution in [0.2, 0.25) is 6.32 Å². The second-order valence-corrected chi connectivity index (χ2v) is 6.75. The van der Waals surface area contributed by atoms with Gasteiger partial charge in [0.15, 0.2) is 0 Å². The molecule has 27 heavy (non-hydrogen) atoms. The van der Waals surface area contributed by atoms with Gasteiger partial charge in [0.2, 0.25) is 5.91 Å². The SMILES string of the molecule is N[C@H](O)[C@@H](N)C(=O)N1CC(Oc2ccc3c(c2C(=O)O)O[B-](O)(O)CC3)C1. The van der Waals surface area contributed by atoms with E-state index in [1.165, 1.54) is 11.0 Å². The third kappa shape index (κ3) is 3.84. The van der Waals surface area contributed by atoms with E-state index < -0.39 is 37.0 Å². The molecule has 2 aliphatic heterocycles. The van der Waals surface area contributed by atoms with E-state index in [-0.39, 0.29) is 42.9 Å². The van der Waals surface area contributed by atoms with Gasteiger partial charge >= 0.3 is 12.7 Å². The van der Waals surface area contributed by atoms with E-state index in [0.29, 0.717) is 5.56 Å². The molecule has 1 saturated heterocycles. The van der Waals surface area contributed by atoms with Gasteiger partial charge in [0.25, 0.3) is 0 Å². The molecule has 8 N–H and O–H groups in total. The molecule has 12 heteroatoms. The Balaban J connectivity index is 1.74. The molecule has 0 spiro atoms. The van der Waals surface area contributed by atoms with Crippen molar-refractivity contribution in [2.75, 3.05) is 13.1 Å². The molecule has 3 rings (SSSR count). The fraction of sp³-hybridized carbons (Fsp3) is 0.467. The molecule has 2 heterocycles. The van der Waals surface area contributed by atoms with Crippen LogP contribution in [0.4, 0.5) is 0 Å². The molecular formula is C15H21BN3O8-. The first-order chi connectivity index (χ1) is 12.6. The average Bonchev–Trinajstić information content (AvgIpc) is 2.54. The lowest BCUT2D eigenvalue weighted by Gasteiger charge is -2.41. The van der Waals surface area contributed by atoms with Gasteiger partial charge in [0, 0.05) is 0 Å². The second-order valence-electron chi connectivity index (χ2n) is 6.75. The van der Waals surface area contributed by atoms with Gasteiger partial charge in [-0.3, -0.25) is 4.79 Å². The first-order valence-electron chi connectivity index (χ1n) is 8.42. The van der Waals surface area contributed by atoms with E-state index >= 15 is 0 Å². The number of ether oxygens (including phenoxy) is 1. The highest BCUT2D eigenvalue weighted by molar-refractivity contribution is 6.59. The van der Waals surface area contributed by atoms with Crippen LogP contribution in [0.5, 0.6) is 11.5 Å². The molecule has 2 atom stereocenters. The van der Waals surface area contributed by atoms with Gasteiger partial charge in [-0.15, -0.1) is 0 Å². The summed E-state index contributed by atoms with van der Waals surface area (Å²) in [5.41, 5.74) is 10.9. The largest absolute Gasteiger partial charge is 0.669 e. The number of benzene rings is 1. The van der Waals surface area contributed by atoms with E-state index in [2.05, 4.69) is 0 Å². The summed E-state index contributed by atoms with van der Waals surface area (Å²) in [4.78, 5) is 25.0. The Morgan fingerprint density at radius 3 is 2.56 bits per heavy atom. The maximum Gasteiger partial charge on any atom is 0.430 e.